The third-order valence-electron chi connectivity index (χ3n) is 5.08. The average Bonchev–Trinajstić information content (AvgIpc) is 3.40. The van der Waals surface area contributed by atoms with E-state index in [0.29, 0.717) is 12.8 Å². The van der Waals surface area contributed by atoms with Crippen molar-refractivity contribution in [2.24, 2.45) is 0 Å². The number of thiophene rings is 1. The van der Waals surface area contributed by atoms with Crippen molar-refractivity contribution < 1.29 is 26.1 Å². The van der Waals surface area contributed by atoms with Crippen LogP contribution in [0.5, 0.6) is 0 Å². The van der Waals surface area contributed by atoms with Crippen LogP contribution in [0.4, 0.5) is 13.2 Å². The predicted molar refractivity (Wildman–Crippen MR) is 110 cm³/mol. The molecule has 1 aliphatic heterocycles. The summed E-state index contributed by atoms with van der Waals surface area (Å²) in [6.45, 7) is 2.38. The first-order valence-corrected chi connectivity index (χ1v) is 12.0. The average molecular weight is 472 g/mol. The Morgan fingerprint density at radius 3 is 2.52 bits per heavy atom. The summed E-state index contributed by atoms with van der Waals surface area (Å²) in [6, 6.07) is 12.0. The molecule has 0 aliphatic carbocycles. The van der Waals surface area contributed by atoms with Crippen LogP contribution >= 0.6 is 11.3 Å². The van der Waals surface area contributed by atoms with Crippen molar-refractivity contribution in [1.29, 1.82) is 0 Å². The number of nitrogens with one attached hydrogen (secondary N) is 1. The van der Waals surface area contributed by atoms with Crippen molar-refractivity contribution in [2.75, 3.05) is 13.1 Å². The molecule has 0 saturated carbocycles. The van der Waals surface area contributed by atoms with Gasteiger partial charge in [0.1, 0.15) is 9.90 Å². The topological polar surface area (TPSA) is 75.4 Å². The van der Waals surface area contributed by atoms with E-state index in [2.05, 4.69) is 31.4 Å². The van der Waals surface area contributed by atoms with Gasteiger partial charge in [-0.25, -0.2) is 13.1 Å². The number of aromatic nitrogens is 1. The smallest absolute Gasteiger partial charge is 0.351 e. The summed E-state index contributed by atoms with van der Waals surface area (Å²) in [7, 11) is -3.78. The van der Waals surface area contributed by atoms with Gasteiger partial charge in [-0.2, -0.15) is 13.2 Å². The predicted octanol–water partition coefficient (Wildman–Crippen LogP) is 4.36. The molecule has 0 atom stereocenters. The summed E-state index contributed by atoms with van der Waals surface area (Å²) in [6.07, 6.45) is -3.28. The molecular formula is C20H20F3N3O3S2. The molecular weight excluding hydrogens is 451 g/mol. The molecule has 1 aliphatic rings. The molecule has 1 N–H and O–H groups in total. The maximum absolute atomic E-state index is 12.7. The summed E-state index contributed by atoms with van der Waals surface area (Å²) in [4.78, 5) is 2.28. The molecule has 1 saturated heterocycles. The van der Waals surface area contributed by atoms with Gasteiger partial charge in [0, 0.05) is 42.7 Å². The zero-order valence-corrected chi connectivity index (χ0v) is 17.9. The molecule has 4 rings (SSSR count). The molecule has 1 aromatic carbocycles. The van der Waals surface area contributed by atoms with Gasteiger partial charge in [0.2, 0.25) is 15.8 Å². The lowest BCUT2D eigenvalue weighted by Gasteiger charge is -2.32. The maximum atomic E-state index is 12.7. The van der Waals surface area contributed by atoms with E-state index in [-0.39, 0.29) is 21.5 Å². The summed E-state index contributed by atoms with van der Waals surface area (Å²) in [5, 5.41) is 4.85. The van der Waals surface area contributed by atoms with Crippen LogP contribution in [-0.4, -0.2) is 37.6 Å². The first kappa shape index (κ1) is 22.0. The first-order chi connectivity index (χ1) is 14.7. The minimum Gasteiger partial charge on any atom is -0.351 e. The van der Waals surface area contributed by atoms with Gasteiger partial charge in [0.15, 0.2) is 0 Å². The fourth-order valence-corrected chi connectivity index (χ4v) is 5.96. The Labute approximate surface area is 181 Å². The number of hydrogen-bond donors (Lipinski definition) is 1. The number of sulfonamides is 1. The molecule has 0 amide bonds. The van der Waals surface area contributed by atoms with Crippen LogP contribution in [0.15, 0.2) is 56.6 Å². The number of hydrogen-bond acceptors (Lipinski definition) is 6. The zero-order valence-electron chi connectivity index (χ0n) is 16.3. The highest BCUT2D eigenvalue weighted by Crippen LogP contribution is 2.34. The van der Waals surface area contributed by atoms with Crippen LogP contribution < -0.4 is 4.72 Å². The highest BCUT2D eigenvalue weighted by Gasteiger charge is 2.36. The molecule has 3 aromatic rings. The van der Waals surface area contributed by atoms with E-state index in [0.717, 1.165) is 37.0 Å². The molecule has 0 spiro atoms. The van der Waals surface area contributed by atoms with Crippen LogP contribution in [-0.2, 0) is 22.7 Å². The second-order valence-corrected chi connectivity index (χ2v) is 10.2. The first-order valence-electron chi connectivity index (χ1n) is 9.62. The van der Waals surface area contributed by atoms with Gasteiger partial charge in [0.05, 0.1) is 0 Å². The Kier molecular flexibility index (Phi) is 6.20. The third kappa shape index (κ3) is 5.35. The van der Waals surface area contributed by atoms with Crippen molar-refractivity contribution in [2.45, 2.75) is 35.8 Å². The van der Waals surface area contributed by atoms with Gasteiger partial charge in [0.25, 0.3) is 0 Å². The Balaban J connectivity index is 1.36. The summed E-state index contributed by atoms with van der Waals surface area (Å²) >= 11 is 0.935. The van der Waals surface area contributed by atoms with E-state index in [4.69, 9.17) is 0 Å². The van der Waals surface area contributed by atoms with Crippen molar-refractivity contribution in [3.05, 3.63) is 59.2 Å². The van der Waals surface area contributed by atoms with Crippen molar-refractivity contribution in [1.82, 2.24) is 14.8 Å². The van der Waals surface area contributed by atoms with Crippen LogP contribution in [0.25, 0.3) is 11.3 Å². The second-order valence-electron chi connectivity index (χ2n) is 7.39. The van der Waals surface area contributed by atoms with E-state index in [1.54, 1.807) is 0 Å². The van der Waals surface area contributed by atoms with Crippen molar-refractivity contribution >= 4 is 21.4 Å². The van der Waals surface area contributed by atoms with Crippen LogP contribution in [0, 0.1) is 0 Å². The molecule has 1 fully saturated rings. The monoisotopic (exact) mass is 471 g/mol. The molecule has 31 heavy (non-hydrogen) atoms. The molecule has 0 radical (unpaired) electrons. The molecule has 0 unspecified atom stereocenters. The lowest BCUT2D eigenvalue weighted by atomic mass is 10.1. The quantitative estimate of drug-likeness (QED) is 0.578. The van der Waals surface area contributed by atoms with Gasteiger partial charge in [-0.3, -0.25) is 4.90 Å². The standard InChI is InChI=1S/C20H20F3N3O3S2/c21-20(22,23)18-11-17(24-29-18)15-10-19(30-13-15)31(27,28)25-16-6-8-26(9-7-16)12-14-4-2-1-3-5-14/h1-5,10-11,13,16,25H,6-9,12H2. The van der Waals surface area contributed by atoms with Crippen LogP contribution in [0.2, 0.25) is 0 Å². The van der Waals surface area contributed by atoms with Gasteiger partial charge in [-0.15, -0.1) is 11.3 Å². The van der Waals surface area contributed by atoms with Gasteiger partial charge in [-0.05, 0) is 24.5 Å². The number of halogens is 3. The minimum atomic E-state index is -4.65. The SMILES string of the molecule is O=S(=O)(NC1CCN(Cc2ccccc2)CC1)c1cc(-c2cc(C(F)(F)F)on2)cs1. The molecule has 6 nitrogen and oxygen atoms in total. The Hall–Kier alpha value is -2.21. The van der Waals surface area contributed by atoms with E-state index < -0.39 is 22.0 Å². The summed E-state index contributed by atoms with van der Waals surface area (Å²) in [5.41, 5.74) is 1.43. The van der Waals surface area contributed by atoms with Crippen LogP contribution in [0.3, 0.4) is 0 Å². The largest absolute Gasteiger partial charge is 0.452 e. The van der Waals surface area contributed by atoms with E-state index >= 15 is 0 Å². The van der Waals surface area contributed by atoms with Crippen molar-refractivity contribution in [3.8, 4) is 11.3 Å². The zero-order chi connectivity index (χ0) is 22.1. The Morgan fingerprint density at radius 1 is 1.16 bits per heavy atom. The minimum absolute atomic E-state index is 0.0331. The Morgan fingerprint density at radius 2 is 1.87 bits per heavy atom. The number of benzene rings is 1. The molecule has 0 bridgehead atoms. The second kappa shape index (κ2) is 8.73. The summed E-state index contributed by atoms with van der Waals surface area (Å²) in [5.74, 6) is -1.22. The molecule has 3 heterocycles. The fraction of sp³-hybridized carbons (Fsp3) is 0.350. The van der Waals surface area contributed by atoms with E-state index in [9.17, 15) is 21.6 Å². The lowest BCUT2D eigenvalue weighted by Crippen LogP contribution is -2.44. The number of nitrogens with zero attached hydrogens (tertiary/aromatic N) is 2. The van der Waals surface area contributed by atoms with Crippen molar-refractivity contribution in [3.63, 3.8) is 0 Å². The van der Waals surface area contributed by atoms with Gasteiger partial charge >= 0.3 is 6.18 Å². The Bertz CT molecular complexity index is 1120. The molecule has 166 valence electrons. The molecule has 2 aromatic heterocycles. The van der Waals surface area contributed by atoms with E-state index in [1.165, 1.54) is 17.0 Å². The van der Waals surface area contributed by atoms with E-state index in [1.807, 2.05) is 18.2 Å². The lowest BCUT2D eigenvalue weighted by molar-refractivity contribution is -0.155. The normalized spacial score (nSPS) is 16.6. The van der Waals surface area contributed by atoms with Gasteiger partial charge in [-0.1, -0.05) is 35.5 Å². The maximum Gasteiger partial charge on any atom is 0.452 e. The van der Waals surface area contributed by atoms with Crippen LogP contribution in [0.1, 0.15) is 24.2 Å². The highest BCUT2D eigenvalue weighted by molar-refractivity contribution is 7.91. The third-order valence-corrected chi connectivity index (χ3v) is 8.04. The number of piperidine rings is 1. The molecule has 11 heteroatoms. The van der Waals surface area contributed by atoms with Gasteiger partial charge < -0.3 is 4.52 Å². The number of likely N-dealkylation sites (tertiary alicyclic amines) is 1. The number of rotatable bonds is 6. The highest BCUT2D eigenvalue weighted by atomic mass is 32.2. The fourth-order valence-electron chi connectivity index (χ4n) is 3.46. The summed E-state index contributed by atoms with van der Waals surface area (Å²) < 4.78 is 70.6. The number of alkyl halides is 3.